The molecular weight excluding hydrogens is 422 g/mol. The lowest BCUT2D eigenvalue weighted by molar-refractivity contribution is -0.111. The molecule has 32 heavy (non-hydrogen) atoms. The predicted octanol–water partition coefficient (Wildman–Crippen LogP) is 5.31. The van der Waals surface area contributed by atoms with Crippen LogP contribution in [0.3, 0.4) is 0 Å². The minimum absolute atomic E-state index is 0.258. The molecule has 0 fully saturated rings. The Morgan fingerprint density at radius 1 is 1.00 bits per heavy atom. The number of thiazole rings is 1. The Hall–Kier alpha value is -4.10. The Kier molecular flexibility index (Phi) is 6.48. The number of aromatic nitrogens is 2. The number of nitrogens with zero attached hydrogens (tertiary/aromatic N) is 2. The quantitative estimate of drug-likeness (QED) is 0.324. The Morgan fingerprint density at radius 2 is 1.84 bits per heavy atom. The highest BCUT2D eigenvalue weighted by molar-refractivity contribution is 7.13. The fourth-order valence-electron chi connectivity index (χ4n) is 2.97. The molecule has 1 amide bonds. The number of hydrogen-bond acceptors (Lipinski definition) is 6. The Bertz CT molecular complexity index is 1270. The van der Waals surface area contributed by atoms with Crippen LogP contribution in [0.4, 0.5) is 5.69 Å². The molecule has 6 nitrogen and oxygen atoms in total. The van der Waals surface area contributed by atoms with Gasteiger partial charge in [0, 0.05) is 28.9 Å². The minimum atomic E-state index is -0.398. The summed E-state index contributed by atoms with van der Waals surface area (Å²) in [4.78, 5) is 32.8. The van der Waals surface area contributed by atoms with Crippen molar-refractivity contribution in [3.63, 3.8) is 0 Å². The monoisotopic (exact) mass is 441 g/mol. The molecule has 0 radical (unpaired) electrons. The summed E-state index contributed by atoms with van der Waals surface area (Å²) in [6, 6.07) is 20.1. The number of anilines is 1. The van der Waals surface area contributed by atoms with Crippen molar-refractivity contribution in [2.45, 2.75) is 0 Å². The summed E-state index contributed by atoms with van der Waals surface area (Å²) in [5, 5.41) is 5.68. The second kappa shape index (κ2) is 9.80. The molecule has 2 aromatic carbocycles. The summed E-state index contributed by atoms with van der Waals surface area (Å²) in [5.41, 5.74) is 4.49. The van der Waals surface area contributed by atoms with Crippen LogP contribution in [0.1, 0.15) is 15.9 Å². The first-order valence-electron chi connectivity index (χ1n) is 9.77. The second-order valence-corrected chi connectivity index (χ2v) is 7.63. The number of pyridine rings is 1. The van der Waals surface area contributed by atoms with E-state index in [4.69, 9.17) is 0 Å². The first-order chi connectivity index (χ1) is 15.6. The van der Waals surface area contributed by atoms with E-state index in [1.54, 1.807) is 36.5 Å². The smallest absolute Gasteiger partial charge is 0.337 e. The average Bonchev–Trinajstić information content (AvgIpc) is 3.34. The third-order valence-corrected chi connectivity index (χ3v) is 5.44. The molecule has 1 N–H and O–H groups in total. The molecule has 0 aliphatic carbocycles. The number of carbonyl (C=O) groups is 2. The molecule has 0 aliphatic rings. The highest BCUT2D eigenvalue weighted by atomic mass is 32.1. The van der Waals surface area contributed by atoms with Crippen molar-refractivity contribution < 1.29 is 14.3 Å². The number of nitrogens with one attached hydrogen (secondary N) is 1. The predicted molar refractivity (Wildman–Crippen MR) is 126 cm³/mol. The minimum Gasteiger partial charge on any atom is -0.465 e. The zero-order chi connectivity index (χ0) is 22.3. The lowest BCUT2D eigenvalue weighted by Crippen LogP contribution is -2.07. The van der Waals surface area contributed by atoms with Crippen molar-refractivity contribution in [2.75, 3.05) is 12.4 Å². The molecular formula is C25H19N3O3S. The summed E-state index contributed by atoms with van der Waals surface area (Å²) < 4.78 is 4.68. The maximum absolute atomic E-state index is 12.4. The van der Waals surface area contributed by atoms with E-state index >= 15 is 0 Å². The molecule has 0 saturated heterocycles. The van der Waals surface area contributed by atoms with E-state index in [2.05, 4.69) is 20.0 Å². The van der Waals surface area contributed by atoms with Crippen LogP contribution in [0.15, 0.2) is 84.4 Å². The van der Waals surface area contributed by atoms with Crippen molar-refractivity contribution >= 4 is 35.0 Å². The van der Waals surface area contributed by atoms with Gasteiger partial charge in [-0.1, -0.05) is 30.3 Å². The van der Waals surface area contributed by atoms with E-state index in [1.165, 1.54) is 24.5 Å². The van der Waals surface area contributed by atoms with Gasteiger partial charge in [-0.15, -0.1) is 11.3 Å². The number of rotatable bonds is 6. The van der Waals surface area contributed by atoms with E-state index in [0.717, 1.165) is 27.5 Å². The number of carbonyl (C=O) groups excluding carboxylic acids is 2. The van der Waals surface area contributed by atoms with Crippen LogP contribution in [0.5, 0.6) is 0 Å². The summed E-state index contributed by atoms with van der Waals surface area (Å²) in [5.74, 6) is -0.655. The maximum Gasteiger partial charge on any atom is 0.337 e. The molecule has 0 aliphatic heterocycles. The van der Waals surface area contributed by atoms with E-state index in [1.807, 2.05) is 47.8 Å². The van der Waals surface area contributed by atoms with Crippen LogP contribution in [0, 0.1) is 0 Å². The van der Waals surface area contributed by atoms with Gasteiger partial charge in [-0.3, -0.25) is 9.78 Å². The normalized spacial score (nSPS) is 10.8. The zero-order valence-electron chi connectivity index (χ0n) is 17.2. The van der Waals surface area contributed by atoms with Crippen molar-refractivity contribution in [3.05, 3.63) is 95.5 Å². The summed E-state index contributed by atoms with van der Waals surface area (Å²) >= 11 is 1.53. The molecule has 2 aromatic heterocycles. The van der Waals surface area contributed by atoms with Gasteiger partial charge in [0.2, 0.25) is 5.91 Å². The van der Waals surface area contributed by atoms with Crippen LogP contribution >= 0.6 is 11.3 Å². The molecule has 0 unspecified atom stereocenters. The first kappa shape index (κ1) is 21.1. The fraction of sp³-hybridized carbons (Fsp3) is 0.0400. The molecule has 2 heterocycles. The van der Waals surface area contributed by atoms with Crippen LogP contribution in [-0.4, -0.2) is 29.0 Å². The molecule has 7 heteroatoms. The van der Waals surface area contributed by atoms with Gasteiger partial charge >= 0.3 is 5.97 Å². The number of methoxy groups -OCH3 is 1. The third-order valence-electron chi connectivity index (χ3n) is 4.57. The van der Waals surface area contributed by atoms with Gasteiger partial charge in [0.1, 0.15) is 5.01 Å². The van der Waals surface area contributed by atoms with Gasteiger partial charge < -0.3 is 10.1 Å². The van der Waals surface area contributed by atoms with E-state index in [-0.39, 0.29) is 5.91 Å². The standard InChI is InChI=1S/C25H19N3O3S/c1-31-25(30)18-11-8-17(9-12-18)10-13-23(29)27-20-6-4-5-19(15-20)22-16-32-24(28-22)21-7-2-3-14-26-21/h2-16H,1H3,(H,27,29)/b13-10+. The Labute approximate surface area is 189 Å². The highest BCUT2D eigenvalue weighted by Crippen LogP contribution is 2.29. The summed E-state index contributed by atoms with van der Waals surface area (Å²) in [7, 11) is 1.34. The number of benzene rings is 2. The van der Waals surface area contributed by atoms with Crippen LogP contribution in [-0.2, 0) is 9.53 Å². The van der Waals surface area contributed by atoms with Crippen molar-refractivity contribution in [3.8, 4) is 22.0 Å². The Balaban J connectivity index is 1.43. The third kappa shape index (κ3) is 5.14. The zero-order valence-corrected chi connectivity index (χ0v) is 18.0. The number of ether oxygens (including phenoxy) is 1. The number of amides is 1. The molecule has 0 atom stereocenters. The van der Waals surface area contributed by atoms with E-state index < -0.39 is 5.97 Å². The average molecular weight is 442 g/mol. The molecule has 0 spiro atoms. The summed E-state index contributed by atoms with van der Waals surface area (Å²) in [6.45, 7) is 0. The largest absolute Gasteiger partial charge is 0.465 e. The van der Waals surface area contributed by atoms with Gasteiger partial charge in [-0.05, 0) is 48.0 Å². The van der Waals surface area contributed by atoms with Crippen molar-refractivity contribution in [1.82, 2.24) is 9.97 Å². The van der Waals surface area contributed by atoms with Crippen LogP contribution in [0.2, 0.25) is 0 Å². The van der Waals surface area contributed by atoms with Crippen molar-refractivity contribution in [2.24, 2.45) is 0 Å². The van der Waals surface area contributed by atoms with Crippen LogP contribution < -0.4 is 5.32 Å². The second-order valence-electron chi connectivity index (χ2n) is 6.77. The van der Waals surface area contributed by atoms with E-state index in [0.29, 0.717) is 11.3 Å². The lowest BCUT2D eigenvalue weighted by Gasteiger charge is -2.04. The lowest BCUT2D eigenvalue weighted by atomic mass is 10.1. The first-order valence-corrected chi connectivity index (χ1v) is 10.6. The number of esters is 1. The van der Waals surface area contributed by atoms with Gasteiger partial charge in [-0.25, -0.2) is 9.78 Å². The van der Waals surface area contributed by atoms with E-state index in [9.17, 15) is 9.59 Å². The van der Waals surface area contributed by atoms with Gasteiger partial charge in [0.25, 0.3) is 0 Å². The molecule has 0 saturated carbocycles. The summed E-state index contributed by atoms with van der Waals surface area (Å²) in [6.07, 6.45) is 4.87. The van der Waals surface area contributed by atoms with Gasteiger partial charge in [0.05, 0.1) is 24.1 Å². The molecule has 158 valence electrons. The maximum atomic E-state index is 12.4. The molecule has 4 aromatic rings. The molecule has 0 bridgehead atoms. The van der Waals surface area contributed by atoms with Gasteiger partial charge in [-0.2, -0.15) is 0 Å². The molecule has 4 rings (SSSR count). The SMILES string of the molecule is COC(=O)c1ccc(/C=C/C(=O)Nc2cccc(-c3csc(-c4ccccn4)n3)c2)cc1. The Morgan fingerprint density at radius 3 is 2.59 bits per heavy atom. The van der Waals surface area contributed by atoms with Crippen molar-refractivity contribution in [1.29, 1.82) is 0 Å². The fourth-order valence-corrected chi connectivity index (χ4v) is 3.78. The topological polar surface area (TPSA) is 81.2 Å². The van der Waals surface area contributed by atoms with Gasteiger partial charge in [0.15, 0.2) is 0 Å². The van der Waals surface area contributed by atoms with Crippen LogP contribution in [0.25, 0.3) is 28.0 Å². The highest BCUT2D eigenvalue weighted by Gasteiger charge is 2.09. The number of hydrogen-bond donors (Lipinski definition) is 1.